The molecule has 1 atom stereocenters. The van der Waals surface area contributed by atoms with Gasteiger partial charge in [0, 0.05) is 31.1 Å². The summed E-state index contributed by atoms with van der Waals surface area (Å²) in [7, 11) is 0. The number of halogens is 2. The van der Waals surface area contributed by atoms with Gasteiger partial charge in [-0.15, -0.1) is 10.2 Å². The molecule has 0 saturated heterocycles. The summed E-state index contributed by atoms with van der Waals surface area (Å²) in [5.74, 6) is -0.622. The van der Waals surface area contributed by atoms with Crippen LogP contribution in [0.15, 0.2) is 47.4 Å². The van der Waals surface area contributed by atoms with Crippen LogP contribution in [0.25, 0.3) is 17.1 Å². The zero-order valence-corrected chi connectivity index (χ0v) is 19.3. The van der Waals surface area contributed by atoms with E-state index in [1.807, 2.05) is 18.3 Å². The Bertz CT molecular complexity index is 1560. The third-order valence-corrected chi connectivity index (χ3v) is 6.28. The van der Waals surface area contributed by atoms with Gasteiger partial charge in [-0.1, -0.05) is 19.9 Å². The van der Waals surface area contributed by atoms with Crippen molar-refractivity contribution in [1.29, 1.82) is 0 Å². The van der Waals surface area contributed by atoms with Crippen LogP contribution in [-0.2, 0) is 6.42 Å². The molecule has 0 bridgehead atoms. The van der Waals surface area contributed by atoms with Gasteiger partial charge in [-0.05, 0) is 29.7 Å². The summed E-state index contributed by atoms with van der Waals surface area (Å²) >= 11 is 0. The molecule has 184 valence electrons. The van der Waals surface area contributed by atoms with Crippen LogP contribution in [0.4, 0.5) is 8.78 Å². The fourth-order valence-electron chi connectivity index (χ4n) is 4.57. The van der Waals surface area contributed by atoms with Gasteiger partial charge in [-0.25, -0.2) is 14.2 Å². The van der Waals surface area contributed by atoms with Gasteiger partial charge in [-0.2, -0.15) is 19.0 Å². The van der Waals surface area contributed by atoms with Crippen LogP contribution in [0.3, 0.4) is 0 Å². The summed E-state index contributed by atoms with van der Waals surface area (Å²) in [5, 5.41) is 16.2. The van der Waals surface area contributed by atoms with Crippen molar-refractivity contribution in [1.82, 2.24) is 44.5 Å². The fraction of sp³-hybridized carbons (Fsp3) is 0.304. The highest BCUT2D eigenvalue weighted by Gasteiger charge is 2.38. The van der Waals surface area contributed by atoms with E-state index >= 15 is 0 Å². The normalized spacial score (nSPS) is 15.8. The molecule has 1 aliphatic rings. The van der Waals surface area contributed by atoms with Gasteiger partial charge in [-0.3, -0.25) is 4.79 Å². The molecule has 1 amide bonds. The van der Waals surface area contributed by atoms with Crippen molar-refractivity contribution >= 4 is 11.4 Å². The largest absolute Gasteiger partial charge is 0.411 e. The SMILES string of the molecule is CC(C)c1cccn2nc([C@@H]3c4nc[nH]c4CCN3C(=O)c3nnc(-c4ccn(C(F)F)n4)o3)cc12. The molecule has 6 rings (SSSR count). The summed E-state index contributed by atoms with van der Waals surface area (Å²) in [4.78, 5) is 22.8. The number of alkyl halides is 2. The average Bonchev–Trinajstić information content (AvgIpc) is 3.66. The predicted molar refractivity (Wildman–Crippen MR) is 121 cm³/mol. The lowest BCUT2D eigenvalue weighted by atomic mass is 9.98. The van der Waals surface area contributed by atoms with Gasteiger partial charge in [0.25, 0.3) is 5.89 Å². The maximum Gasteiger partial charge on any atom is 0.333 e. The number of fused-ring (bicyclic) bond motifs is 2. The van der Waals surface area contributed by atoms with E-state index < -0.39 is 18.5 Å². The molecule has 36 heavy (non-hydrogen) atoms. The van der Waals surface area contributed by atoms with Crippen molar-refractivity contribution in [3.05, 3.63) is 71.5 Å². The van der Waals surface area contributed by atoms with Crippen LogP contribution < -0.4 is 0 Å². The molecule has 0 unspecified atom stereocenters. The van der Waals surface area contributed by atoms with Gasteiger partial charge in [0.15, 0.2) is 0 Å². The number of carbonyl (C=O) groups is 1. The Kier molecular flexibility index (Phi) is 5.12. The molecule has 0 aliphatic carbocycles. The smallest absolute Gasteiger partial charge is 0.333 e. The lowest BCUT2D eigenvalue weighted by Gasteiger charge is -2.32. The second-order valence-corrected chi connectivity index (χ2v) is 8.81. The van der Waals surface area contributed by atoms with Gasteiger partial charge in [0.2, 0.25) is 0 Å². The van der Waals surface area contributed by atoms with Crippen molar-refractivity contribution in [2.24, 2.45) is 0 Å². The van der Waals surface area contributed by atoms with E-state index in [4.69, 9.17) is 9.52 Å². The van der Waals surface area contributed by atoms with Crippen LogP contribution in [0.5, 0.6) is 0 Å². The Labute approximate surface area is 202 Å². The molecule has 0 radical (unpaired) electrons. The quantitative estimate of drug-likeness (QED) is 0.397. The number of nitrogens with zero attached hydrogens (tertiary/aromatic N) is 8. The number of aromatic nitrogens is 8. The first-order valence-electron chi connectivity index (χ1n) is 11.4. The standard InChI is InChI=1S/C23H21F2N9O2/c1-12(2)13-4-3-7-33-17(13)10-16(31-33)19-18-14(26-11-27-18)5-8-32(19)22(35)21-29-28-20(36-21)15-6-9-34(30-15)23(24)25/h3-4,6-7,9-12,19,23H,5,8H2,1-2H3,(H,26,27)/t19-/m1/s1. The Morgan fingerprint density at radius 2 is 2.06 bits per heavy atom. The molecule has 1 N–H and O–H groups in total. The first-order chi connectivity index (χ1) is 17.4. The van der Waals surface area contributed by atoms with Crippen LogP contribution in [0.1, 0.15) is 65.7 Å². The molecular weight excluding hydrogens is 472 g/mol. The van der Waals surface area contributed by atoms with Crippen molar-refractivity contribution in [3.63, 3.8) is 0 Å². The molecule has 13 heteroatoms. The molecule has 6 heterocycles. The molecule has 5 aromatic rings. The fourth-order valence-corrected chi connectivity index (χ4v) is 4.57. The van der Waals surface area contributed by atoms with E-state index in [-0.39, 0.29) is 23.4 Å². The number of H-pyrrole nitrogens is 1. The Morgan fingerprint density at radius 1 is 1.19 bits per heavy atom. The van der Waals surface area contributed by atoms with Crippen LogP contribution >= 0.6 is 0 Å². The van der Waals surface area contributed by atoms with E-state index in [9.17, 15) is 13.6 Å². The highest BCUT2D eigenvalue weighted by molar-refractivity contribution is 5.90. The summed E-state index contributed by atoms with van der Waals surface area (Å²) in [6.07, 6.45) is 5.13. The van der Waals surface area contributed by atoms with E-state index in [1.54, 1.807) is 15.7 Å². The van der Waals surface area contributed by atoms with Gasteiger partial charge >= 0.3 is 18.3 Å². The Balaban J connectivity index is 1.38. The number of imidazole rings is 1. The van der Waals surface area contributed by atoms with Crippen molar-refractivity contribution in [2.45, 2.75) is 38.8 Å². The topological polar surface area (TPSA) is 123 Å². The number of aromatic amines is 1. The minimum Gasteiger partial charge on any atom is -0.411 e. The lowest BCUT2D eigenvalue weighted by Crippen LogP contribution is -2.41. The number of rotatable bonds is 5. The highest BCUT2D eigenvalue weighted by Crippen LogP contribution is 2.35. The third kappa shape index (κ3) is 3.54. The number of amides is 1. The number of hydrogen-bond acceptors (Lipinski definition) is 7. The van der Waals surface area contributed by atoms with E-state index in [0.29, 0.717) is 29.0 Å². The molecular formula is C23H21F2N9O2. The van der Waals surface area contributed by atoms with Gasteiger partial charge in [0.05, 0.1) is 23.2 Å². The molecule has 0 aromatic carbocycles. The van der Waals surface area contributed by atoms with Crippen molar-refractivity contribution in [3.8, 4) is 11.6 Å². The summed E-state index contributed by atoms with van der Waals surface area (Å²) in [5.41, 5.74) is 4.41. The minimum absolute atomic E-state index is 0.0493. The van der Waals surface area contributed by atoms with Crippen LogP contribution in [-0.4, -0.2) is 56.9 Å². The summed E-state index contributed by atoms with van der Waals surface area (Å²) < 4.78 is 33.6. The average molecular weight is 493 g/mol. The molecule has 11 nitrogen and oxygen atoms in total. The Hall–Kier alpha value is -4.42. The maximum atomic E-state index is 13.6. The maximum absolute atomic E-state index is 13.6. The first kappa shape index (κ1) is 22.1. The second kappa shape index (κ2) is 8.36. The van der Waals surface area contributed by atoms with Crippen LogP contribution in [0.2, 0.25) is 0 Å². The first-order valence-corrected chi connectivity index (χ1v) is 11.4. The van der Waals surface area contributed by atoms with Crippen molar-refractivity contribution in [2.75, 3.05) is 6.54 Å². The second-order valence-electron chi connectivity index (χ2n) is 8.81. The van der Waals surface area contributed by atoms with E-state index in [2.05, 4.69) is 45.2 Å². The number of pyridine rings is 1. The van der Waals surface area contributed by atoms with Crippen molar-refractivity contribution < 1.29 is 18.0 Å². The number of carbonyl (C=O) groups excluding carboxylic acids is 1. The third-order valence-electron chi connectivity index (χ3n) is 6.28. The van der Waals surface area contributed by atoms with E-state index in [0.717, 1.165) is 23.0 Å². The van der Waals surface area contributed by atoms with Gasteiger partial charge < -0.3 is 14.3 Å². The molecule has 0 saturated carbocycles. The number of nitrogens with one attached hydrogen (secondary N) is 1. The summed E-state index contributed by atoms with van der Waals surface area (Å²) in [6, 6.07) is 6.71. The summed E-state index contributed by atoms with van der Waals surface area (Å²) in [6.45, 7) is 1.78. The van der Waals surface area contributed by atoms with Crippen LogP contribution in [0, 0.1) is 0 Å². The molecule has 0 spiro atoms. The highest BCUT2D eigenvalue weighted by atomic mass is 19.3. The molecule has 0 fully saturated rings. The van der Waals surface area contributed by atoms with E-state index in [1.165, 1.54) is 6.07 Å². The lowest BCUT2D eigenvalue weighted by molar-refractivity contribution is 0.0566. The molecule has 1 aliphatic heterocycles. The zero-order chi connectivity index (χ0) is 25.0. The zero-order valence-electron chi connectivity index (χ0n) is 19.3. The monoisotopic (exact) mass is 493 g/mol. The minimum atomic E-state index is -2.80. The van der Waals surface area contributed by atoms with Gasteiger partial charge in [0.1, 0.15) is 11.7 Å². The predicted octanol–water partition coefficient (Wildman–Crippen LogP) is 3.61. The number of hydrogen-bond donors (Lipinski definition) is 1. The Morgan fingerprint density at radius 3 is 2.83 bits per heavy atom. The molecule has 5 aromatic heterocycles.